The average Bonchev–Trinajstić information content (AvgIpc) is 2.69. The van der Waals surface area contributed by atoms with E-state index >= 15 is 0 Å². The number of hydrogen-bond acceptors (Lipinski definition) is 3. The summed E-state index contributed by atoms with van der Waals surface area (Å²) in [6, 6.07) is 8.79. The summed E-state index contributed by atoms with van der Waals surface area (Å²) in [6.07, 6.45) is 0. The highest BCUT2D eigenvalue weighted by Gasteiger charge is 2.11. The van der Waals surface area contributed by atoms with Gasteiger partial charge < -0.3 is 10.1 Å². The predicted octanol–water partition coefficient (Wildman–Crippen LogP) is 4.86. The van der Waals surface area contributed by atoms with Gasteiger partial charge in [0.1, 0.15) is 5.75 Å². The molecule has 2 rings (SSSR count). The van der Waals surface area contributed by atoms with Crippen molar-refractivity contribution in [2.75, 3.05) is 12.4 Å². The zero-order valence-electron chi connectivity index (χ0n) is 12.2. The zero-order valence-corrected chi connectivity index (χ0v) is 13.0. The highest BCUT2D eigenvalue weighted by atomic mass is 32.1. The number of methoxy groups -OCH3 is 1. The van der Waals surface area contributed by atoms with Crippen molar-refractivity contribution in [2.24, 2.45) is 0 Å². The highest BCUT2D eigenvalue weighted by Crippen LogP contribution is 2.29. The van der Waals surface area contributed by atoms with E-state index in [1.807, 2.05) is 17.4 Å². The van der Waals surface area contributed by atoms with Crippen molar-refractivity contribution in [3.63, 3.8) is 0 Å². The van der Waals surface area contributed by atoms with E-state index in [1.165, 1.54) is 15.3 Å². The van der Waals surface area contributed by atoms with Crippen LogP contribution in [-0.2, 0) is 0 Å². The number of anilines is 1. The third-order valence-electron chi connectivity index (χ3n) is 3.32. The summed E-state index contributed by atoms with van der Waals surface area (Å²) in [7, 11) is 1.70. The molecule has 1 atom stereocenters. The van der Waals surface area contributed by atoms with E-state index in [0.717, 1.165) is 17.0 Å². The highest BCUT2D eigenvalue weighted by molar-refractivity contribution is 7.12. The summed E-state index contributed by atoms with van der Waals surface area (Å²) in [4.78, 5) is 2.76. The van der Waals surface area contributed by atoms with Gasteiger partial charge in [-0.2, -0.15) is 0 Å². The minimum atomic E-state index is 0.317. The van der Waals surface area contributed by atoms with Gasteiger partial charge in [-0.1, -0.05) is 0 Å². The van der Waals surface area contributed by atoms with Crippen LogP contribution in [0.1, 0.15) is 33.8 Å². The van der Waals surface area contributed by atoms with E-state index in [-0.39, 0.29) is 0 Å². The van der Waals surface area contributed by atoms with Gasteiger partial charge in [-0.25, -0.2) is 0 Å². The van der Waals surface area contributed by atoms with Crippen molar-refractivity contribution in [1.82, 2.24) is 0 Å². The molecule has 2 aromatic rings. The molecule has 1 unspecified atom stereocenters. The van der Waals surface area contributed by atoms with Crippen LogP contribution in [-0.4, -0.2) is 7.11 Å². The second-order valence-corrected chi connectivity index (χ2v) is 6.38. The normalized spacial score (nSPS) is 12.3. The van der Waals surface area contributed by atoms with Crippen molar-refractivity contribution >= 4 is 17.0 Å². The van der Waals surface area contributed by atoms with Gasteiger partial charge >= 0.3 is 0 Å². The lowest BCUT2D eigenvalue weighted by molar-refractivity contribution is 0.412. The third kappa shape index (κ3) is 3.10. The van der Waals surface area contributed by atoms with Crippen LogP contribution in [0.3, 0.4) is 0 Å². The molecule has 0 radical (unpaired) electrons. The molecule has 0 aliphatic carbocycles. The lowest BCUT2D eigenvalue weighted by Crippen LogP contribution is -2.07. The lowest BCUT2D eigenvalue weighted by atomic mass is 10.1. The second kappa shape index (κ2) is 5.66. The Labute approximate surface area is 119 Å². The van der Waals surface area contributed by atoms with Crippen molar-refractivity contribution in [2.45, 2.75) is 33.7 Å². The molecule has 0 saturated carbocycles. The fourth-order valence-corrected chi connectivity index (χ4v) is 3.40. The number of aryl methyl sites for hydroxylation is 3. The molecule has 0 aliphatic heterocycles. The topological polar surface area (TPSA) is 21.3 Å². The van der Waals surface area contributed by atoms with E-state index in [2.05, 4.69) is 51.2 Å². The van der Waals surface area contributed by atoms with Gasteiger partial charge in [-0.3, -0.25) is 0 Å². The summed E-state index contributed by atoms with van der Waals surface area (Å²) in [5.41, 5.74) is 3.67. The first kappa shape index (κ1) is 13.9. The standard InChI is InChI=1S/C16H21NOS/c1-10-8-14(6-7-16(10)18-5)17-12(3)15-9-11(2)19-13(15)4/h6-9,12,17H,1-5H3. The Morgan fingerprint density at radius 2 is 1.89 bits per heavy atom. The van der Waals surface area contributed by atoms with Gasteiger partial charge in [0.15, 0.2) is 0 Å². The Hall–Kier alpha value is -1.48. The fourth-order valence-electron chi connectivity index (χ4n) is 2.38. The Kier molecular flexibility index (Phi) is 4.15. The predicted molar refractivity (Wildman–Crippen MR) is 83.6 cm³/mol. The molecule has 19 heavy (non-hydrogen) atoms. The van der Waals surface area contributed by atoms with Gasteiger partial charge in [0.2, 0.25) is 0 Å². The molecule has 1 aromatic heterocycles. The molecule has 0 aliphatic rings. The fraction of sp³-hybridized carbons (Fsp3) is 0.375. The van der Waals surface area contributed by atoms with Gasteiger partial charge in [0.05, 0.1) is 7.11 Å². The van der Waals surface area contributed by atoms with Gasteiger partial charge in [0.25, 0.3) is 0 Å². The zero-order chi connectivity index (χ0) is 14.0. The van der Waals surface area contributed by atoms with Crippen LogP contribution >= 0.6 is 11.3 Å². The SMILES string of the molecule is COc1ccc(NC(C)c2cc(C)sc2C)cc1C. The van der Waals surface area contributed by atoms with E-state index in [4.69, 9.17) is 4.74 Å². The van der Waals surface area contributed by atoms with Crippen LogP contribution in [0.5, 0.6) is 5.75 Å². The van der Waals surface area contributed by atoms with Crippen LogP contribution in [0.2, 0.25) is 0 Å². The first-order valence-electron chi connectivity index (χ1n) is 6.49. The van der Waals surface area contributed by atoms with Crippen molar-refractivity contribution < 1.29 is 4.74 Å². The van der Waals surface area contributed by atoms with Crippen LogP contribution in [0, 0.1) is 20.8 Å². The van der Waals surface area contributed by atoms with Crippen LogP contribution in [0.25, 0.3) is 0 Å². The molecule has 0 spiro atoms. The molecular formula is C16H21NOS. The number of ether oxygens (including phenoxy) is 1. The summed E-state index contributed by atoms with van der Waals surface area (Å²) in [5, 5.41) is 3.56. The maximum atomic E-state index is 5.29. The maximum absolute atomic E-state index is 5.29. The Bertz CT molecular complexity index is 574. The Balaban J connectivity index is 2.17. The average molecular weight is 275 g/mol. The van der Waals surface area contributed by atoms with Crippen molar-refractivity contribution in [3.8, 4) is 5.75 Å². The van der Waals surface area contributed by atoms with Crippen LogP contribution in [0.15, 0.2) is 24.3 Å². The molecule has 102 valence electrons. The van der Waals surface area contributed by atoms with Gasteiger partial charge in [-0.15, -0.1) is 11.3 Å². The van der Waals surface area contributed by atoms with Crippen molar-refractivity contribution in [3.05, 3.63) is 45.1 Å². The first-order valence-corrected chi connectivity index (χ1v) is 7.31. The first-order chi connectivity index (χ1) is 9.01. The molecule has 1 heterocycles. The van der Waals surface area contributed by atoms with Crippen LogP contribution < -0.4 is 10.1 Å². The van der Waals surface area contributed by atoms with E-state index in [0.29, 0.717) is 6.04 Å². The summed E-state index contributed by atoms with van der Waals surface area (Å²) < 4.78 is 5.29. The molecule has 3 heteroatoms. The van der Waals surface area contributed by atoms with Gasteiger partial charge in [-0.05, 0) is 63.1 Å². The molecule has 0 bridgehead atoms. The second-order valence-electron chi connectivity index (χ2n) is 4.92. The maximum Gasteiger partial charge on any atom is 0.121 e. The lowest BCUT2D eigenvalue weighted by Gasteiger charge is -2.16. The summed E-state index contributed by atoms with van der Waals surface area (Å²) in [5.74, 6) is 0.931. The van der Waals surface area contributed by atoms with E-state index in [1.54, 1.807) is 7.11 Å². The number of benzene rings is 1. The number of thiophene rings is 1. The Morgan fingerprint density at radius 1 is 1.16 bits per heavy atom. The number of rotatable bonds is 4. The molecule has 0 amide bonds. The van der Waals surface area contributed by atoms with Gasteiger partial charge in [0, 0.05) is 21.5 Å². The van der Waals surface area contributed by atoms with Crippen LogP contribution in [0.4, 0.5) is 5.69 Å². The summed E-state index contributed by atoms with van der Waals surface area (Å²) in [6.45, 7) is 8.61. The van der Waals surface area contributed by atoms with E-state index < -0.39 is 0 Å². The quantitative estimate of drug-likeness (QED) is 0.860. The summed E-state index contributed by atoms with van der Waals surface area (Å²) >= 11 is 1.86. The molecule has 1 aromatic carbocycles. The number of hydrogen-bond donors (Lipinski definition) is 1. The molecule has 0 saturated heterocycles. The molecule has 2 nitrogen and oxygen atoms in total. The number of nitrogens with one attached hydrogen (secondary N) is 1. The monoisotopic (exact) mass is 275 g/mol. The molecule has 0 fully saturated rings. The Morgan fingerprint density at radius 3 is 2.42 bits per heavy atom. The molecule has 1 N–H and O–H groups in total. The minimum absolute atomic E-state index is 0.317. The third-order valence-corrected chi connectivity index (χ3v) is 4.31. The van der Waals surface area contributed by atoms with Crippen molar-refractivity contribution in [1.29, 1.82) is 0 Å². The minimum Gasteiger partial charge on any atom is -0.496 e. The van der Waals surface area contributed by atoms with E-state index in [9.17, 15) is 0 Å². The largest absolute Gasteiger partial charge is 0.496 e. The smallest absolute Gasteiger partial charge is 0.121 e. The molecular weight excluding hydrogens is 254 g/mol.